The Kier molecular flexibility index (Phi) is 8.25. The monoisotopic (exact) mass is 470 g/mol. The Balaban J connectivity index is 1.41. The summed E-state index contributed by atoms with van der Waals surface area (Å²) >= 11 is 0. The van der Waals surface area contributed by atoms with E-state index >= 15 is 0 Å². The van der Waals surface area contributed by atoms with Crippen LogP contribution in [0.2, 0.25) is 0 Å². The van der Waals surface area contributed by atoms with Crippen LogP contribution in [0.5, 0.6) is 0 Å². The molecule has 4 aliphatic carbocycles. The second-order valence-corrected chi connectivity index (χ2v) is 13.7. The zero-order valence-electron chi connectivity index (χ0n) is 23.3. The van der Waals surface area contributed by atoms with Gasteiger partial charge >= 0.3 is 5.97 Å². The molecule has 2 heteroatoms. The van der Waals surface area contributed by atoms with E-state index in [-0.39, 0.29) is 12.1 Å². The Labute approximate surface area is 211 Å². The van der Waals surface area contributed by atoms with Gasteiger partial charge in [0.2, 0.25) is 0 Å². The van der Waals surface area contributed by atoms with Crippen LogP contribution >= 0.6 is 0 Å². The van der Waals surface area contributed by atoms with Gasteiger partial charge in [-0.25, -0.2) is 0 Å². The fourth-order valence-electron chi connectivity index (χ4n) is 9.32. The summed E-state index contributed by atoms with van der Waals surface area (Å²) in [5.41, 5.74) is 2.54. The van der Waals surface area contributed by atoms with Gasteiger partial charge in [0.25, 0.3) is 0 Å². The first kappa shape index (κ1) is 26.3. The summed E-state index contributed by atoms with van der Waals surface area (Å²) in [7, 11) is 0. The molecule has 34 heavy (non-hydrogen) atoms. The molecule has 3 saturated carbocycles. The predicted octanol–water partition coefficient (Wildman–Crippen LogP) is 9.13. The van der Waals surface area contributed by atoms with Gasteiger partial charge in [0, 0.05) is 12.8 Å². The number of rotatable bonds is 9. The van der Waals surface area contributed by atoms with Gasteiger partial charge < -0.3 is 4.74 Å². The van der Waals surface area contributed by atoms with Gasteiger partial charge in [-0.3, -0.25) is 4.79 Å². The van der Waals surface area contributed by atoms with E-state index in [4.69, 9.17) is 4.74 Å². The van der Waals surface area contributed by atoms with Crippen LogP contribution in [0.1, 0.15) is 131 Å². The lowest BCUT2D eigenvalue weighted by molar-refractivity contribution is -0.151. The Morgan fingerprint density at radius 3 is 2.56 bits per heavy atom. The summed E-state index contributed by atoms with van der Waals surface area (Å²) in [6.45, 7) is 14.7. The second-order valence-electron chi connectivity index (χ2n) is 13.7. The lowest BCUT2D eigenvalue weighted by Gasteiger charge is -2.58. The normalized spacial score (nSPS) is 40.2. The number of unbranched alkanes of at least 4 members (excludes halogenated alkanes) is 1. The van der Waals surface area contributed by atoms with Gasteiger partial charge in [0.1, 0.15) is 6.10 Å². The Bertz CT molecular complexity index is 737. The van der Waals surface area contributed by atoms with E-state index in [0.717, 1.165) is 61.2 Å². The molecule has 194 valence electrons. The smallest absolute Gasteiger partial charge is 0.306 e. The number of hydrogen-bond acceptors (Lipinski definition) is 2. The molecule has 0 amide bonds. The maximum absolute atomic E-state index is 12.2. The number of allylic oxidation sites excluding steroid dienone is 1. The van der Waals surface area contributed by atoms with Crippen molar-refractivity contribution in [2.45, 2.75) is 138 Å². The molecule has 0 aromatic rings. The van der Waals surface area contributed by atoms with Crippen LogP contribution in [-0.4, -0.2) is 12.1 Å². The van der Waals surface area contributed by atoms with Crippen molar-refractivity contribution in [2.24, 2.45) is 46.3 Å². The van der Waals surface area contributed by atoms with Crippen LogP contribution in [0, 0.1) is 46.3 Å². The van der Waals surface area contributed by atoms with Crippen molar-refractivity contribution >= 4 is 5.97 Å². The molecule has 0 radical (unpaired) electrons. The van der Waals surface area contributed by atoms with Crippen LogP contribution in [0.15, 0.2) is 11.6 Å². The van der Waals surface area contributed by atoms with Crippen LogP contribution < -0.4 is 0 Å². The fraction of sp³-hybridized carbons (Fsp3) is 0.906. The van der Waals surface area contributed by atoms with Crippen LogP contribution in [0.3, 0.4) is 0 Å². The predicted molar refractivity (Wildman–Crippen MR) is 142 cm³/mol. The highest BCUT2D eigenvalue weighted by Crippen LogP contribution is 2.67. The van der Waals surface area contributed by atoms with Gasteiger partial charge in [-0.2, -0.15) is 0 Å². The van der Waals surface area contributed by atoms with Crippen molar-refractivity contribution in [3.8, 4) is 0 Å². The molecule has 2 nitrogen and oxygen atoms in total. The average molecular weight is 471 g/mol. The molecule has 0 heterocycles. The minimum atomic E-state index is 0.0256. The molecule has 0 N–H and O–H groups in total. The highest BCUT2D eigenvalue weighted by Gasteiger charge is 2.59. The third kappa shape index (κ3) is 5.04. The van der Waals surface area contributed by atoms with Crippen molar-refractivity contribution in [3.05, 3.63) is 11.6 Å². The molecule has 3 fully saturated rings. The van der Waals surface area contributed by atoms with Crippen molar-refractivity contribution in [1.29, 1.82) is 0 Å². The first-order valence-corrected chi connectivity index (χ1v) is 15.1. The summed E-state index contributed by atoms with van der Waals surface area (Å²) in [4.78, 5) is 12.2. The lowest BCUT2D eigenvalue weighted by Crippen LogP contribution is -2.51. The molecule has 4 aliphatic rings. The number of ether oxygens (including phenoxy) is 1. The van der Waals surface area contributed by atoms with Crippen molar-refractivity contribution in [1.82, 2.24) is 0 Å². The van der Waals surface area contributed by atoms with Crippen molar-refractivity contribution in [3.63, 3.8) is 0 Å². The van der Waals surface area contributed by atoms with Crippen LogP contribution in [-0.2, 0) is 9.53 Å². The molecule has 1 unspecified atom stereocenters. The van der Waals surface area contributed by atoms with E-state index in [2.05, 4.69) is 47.6 Å². The standard InChI is InChI=1S/C32H54O2/c1-7-8-12-30(33)34-25-17-19-31(5)24(21-25)13-14-26-28-16-15-27(23(4)11-9-10-22(2)3)32(28,6)20-18-29(26)31/h13,22-23,25-29H,7-12,14-21H2,1-6H3/t23?,25-,26-,27+,28-,29-,31-,32+/m0/s1. The number of fused-ring (bicyclic) bond motifs is 5. The molecule has 0 saturated heterocycles. The average Bonchev–Trinajstić information content (AvgIpc) is 3.15. The molecule has 0 aromatic carbocycles. The van der Waals surface area contributed by atoms with E-state index < -0.39 is 0 Å². The molecule has 8 atom stereocenters. The van der Waals surface area contributed by atoms with E-state index in [0.29, 0.717) is 17.3 Å². The van der Waals surface area contributed by atoms with Gasteiger partial charge in [0.15, 0.2) is 0 Å². The molecule has 0 bridgehead atoms. The quantitative estimate of drug-likeness (QED) is 0.248. The van der Waals surface area contributed by atoms with Gasteiger partial charge in [-0.1, -0.05) is 78.9 Å². The molecule has 4 rings (SSSR count). The number of carbonyl (C=O) groups excluding carboxylic acids is 1. The number of carbonyl (C=O) groups is 1. The summed E-state index contributed by atoms with van der Waals surface area (Å²) in [5, 5.41) is 0. The highest BCUT2D eigenvalue weighted by molar-refractivity contribution is 5.69. The highest BCUT2D eigenvalue weighted by atomic mass is 16.5. The minimum Gasteiger partial charge on any atom is -0.462 e. The Morgan fingerprint density at radius 2 is 1.82 bits per heavy atom. The fourth-order valence-corrected chi connectivity index (χ4v) is 9.32. The third-order valence-electron chi connectivity index (χ3n) is 11.3. The topological polar surface area (TPSA) is 26.3 Å². The SMILES string of the molecule is CCCCC(=O)O[C@H]1CC[C@@]2(C)C(=CC[C@H]3[C@@H]4CC[C@H](C(C)CCCC(C)C)[C@@]4(C)CC[C@@H]32)C1. The maximum atomic E-state index is 12.2. The van der Waals surface area contributed by atoms with Crippen molar-refractivity contribution < 1.29 is 9.53 Å². The molecule has 0 spiro atoms. The summed E-state index contributed by atoms with van der Waals surface area (Å²) in [5.74, 6) is 5.32. The van der Waals surface area contributed by atoms with E-state index in [9.17, 15) is 4.79 Å². The molecular weight excluding hydrogens is 416 g/mol. The molecule has 0 aromatic heterocycles. The first-order valence-electron chi connectivity index (χ1n) is 15.1. The third-order valence-corrected chi connectivity index (χ3v) is 11.3. The van der Waals surface area contributed by atoms with E-state index in [1.54, 1.807) is 5.57 Å². The molecule has 0 aliphatic heterocycles. The Hall–Kier alpha value is -0.790. The largest absolute Gasteiger partial charge is 0.462 e. The summed E-state index contributed by atoms with van der Waals surface area (Å²) < 4.78 is 5.92. The van der Waals surface area contributed by atoms with Gasteiger partial charge in [0.05, 0.1) is 0 Å². The van der Waals surface area contributed by atoms with Gasteiger partial charge in [-0.15, -0.1) is 0 Å². The van der Waals surface area contributed by atoms with Crippen LogP contribution in [0.4, 0.5) is 0 Å². The summed E-state index contributed by atoms with van der Waals surface area (Å²) in [6.07, 6.45) is 19.9. The van der Waals surface area contributed by atoms with E-state index in [1.807, 2.05) is 0 Å². The Morgan fingerprint density at radius 1 is 1.03 bits per heavy atom. The number of esters is 1. The van der Waals surface area contributed by atoms with Crippen molar-refractivity contribution in [2.75, 3.05) is 0 Å². The zero-order chi connectivity index (χ0) is 24.5. The zero-order valence-corrected chi connectivity index (χ0v) is 23.3. The summed E-state index contributed by atoms with van der Waals surface area (Å²) in [6, 6.07) is 0. The first-order chi connectivity index (χ1) is 16.2. The number of hydrogen-bond donors (Lipinski definition) is 0. The molecular formula is C32H54O2. The second kappa shape index (κ2) is 10.7. The minimum absolute atomic E-state index is 0.0256. The maximum Gasteiger partial charge on any atom is 0.306 e. The van der Waals surface area contributed by atoms with Crippen LogP contribution in [0.25, 0.3) is 0 Å². The lowest BCUT2D eigenvalue weighted by atomic mass is 9.47. The van der Waals surface area contributed by atoms with Gasteiger partial charge in [-0.05, 0) is 97.7 Å². The van der Waals surface area contributed by atoms with E-state index in [1.165, 1.54) is 57.8 Å².